The second kappa shape index (κ2) is 5.61. The molecule has 0 aromatic heterocycles. The van der Waals surface area contributed by atoms with Crippen LogP contribution in [0.15, 0.2) is 0 Å². The SMILES string of the molecule is CSCC(=O)N(C)C1CCC(N)CC1. The van der Waals surface area contributed by atoms with E-state index >= 15 is 0 Å². The first kappa shape index (κ1) is 11.9. The molecule has 82 valence electrons. The van der Waals surface area contributed by atoms with E-state index < -0.39 is 0 Å². The number of amides is 1. The third kappa shape index (κ3) is 3.17. The van der Waals surface area contributed by atoms with Crippen molar-refractivity contribution in [1.82, 2.24) is 4.90 Å². The fourth-order valence-electron chi connectivity index (χ4n) is 1.92. The van der Waals surface area contributed by atoms with Gasteiger partial charge < -0.3 is 10.6 Å². The van der Waals surface area contributed by atoms with Crippen molar-refractivity contribution in [2.75, 3.05) is 19.1 Å². The van der Waals surface area contributed by atoms with Crippen LogP contribution in [0.3, 0.4) is 0 Å². The molecule has 0 aliphatic heterocycles. The minimum Gasteiger partial charge on any atom is -0.342 e. The van der Waals surface area contributed by atoms with Crippen molar-refractivity contribution in [1.29, 1.82) is 0 Å². The standard InChI is InChI=1S/C10H20N2OS/c1-12(10(13)7-14-2)9-5-3-8(11)4-6-9/h8-9H,3-7,11H2,1-2H3. The van der Waals surface area contributed by atoms with E-state index in [0.717, 1.165) is 25.7 Å². The quantitative estimate of drug-likeness (QED) is 0.768. The molecule has 14 heavy (non-hydrogen) atoms. The fraction of sp³-hybridized carbons (Fsp3) is 0.900. The molecular formula is C10H20N2OS. The molecule has 0 radical (unpaired) electrons. The molecule has 0 spiro atoms. The zero-order valence-corrected chi connectivity index (χ0v) is 9.85. The molecule has 3 nitrogen and oxygen atoms in total. The highest BCUT2D eigenvalue weighted by Crippen LogP contribution is 2.21. The normalized spacial score (nSPS) is 27.4. The Balaban J connectivity index is 2.37. The molecule has 1 fully saturated rings. The Morgan fingerprint density at radius 1 is 1.43 bits per heavy atom. The van der Waals surface area contributed by atoms with E-state index in [-0.39, 0.29) is 5.91 Å². The van der Waals surface area contributed by atoms with Gasteiger partial charge in [0, 0.05) is 19.1 Å². The van der Waals surface area contributed by atoms with Crippen LogP contribution in [0, 0.1) is 0 Å². The van der Waals surface area contributed by atoms with Crippen LogP contribution < -0.4 is 5.73 Å². The Kier molecular flexibility index (Phi) is 4.75. The lowest BCUT2D eigenvalue weighted by atomic mass is 9.91. The molecule has 0 saturated heterocycles. The van der Waals surface area contributed by atoms with Gasteiger partial charge in [-0.25, -0.2) is 0 Å². The van der Waals surface area contributed by atoms with Gasteiger partial charge in [0.2, 0.25) is 5.91 Å². The first-order valence-electron chi connectivity index (χ1n) is 5.15. The van der Waals surface area contributed by atoms with E-state index in [0.29, 0.717) is 17.8 Å². The summed E-state index contributed by atoms with van der Waals surface area (Å²) in [5, 5.41) is 0. The number of carbonyl (C=O) groups excluding carboxylic acids is 1. The summed E-state index contributed by atoms with van der Waals surface area (Å²) in [4.78, 5) is 13.5. The molecule has 1 saturated carbocycles. The average Bonchev–Trinajstić information content (AvgIpc) is 2.18. The summed E-state index contributed by atoms with van der Waals surface area (Å²) in [6, 6.07) is 0.782. The molecule has 1 amide bonds. The second-order valence-corrected chi connectivity index (χ2v) is 4.87. The lowest BCUT2D eigenvalue weighted by Gasteiger charge is -2.33. The van der Waals surface area contributed by atoms with Gasteiger partial charge in [0.1, 0.15) is 0 Å². The molecule has 1 aliphatic carbocycles. The summed E-state index contributed by atoms with van der Waals surface area (Å²) < 4.78 is 0. The van der Waals surface area contributed by atoms with Crippen LogP contribution >= 0.6 is 11.8 Å². The van der Waals surface area contributed by atoms with Gasteiger partial charge in [-0.1, -0.05) is 0 Å². The van der Waals surface area contributed by atoms with Crippen molar-refractivity contribution in [2.45, 2.75) is 37.8 Å². The van der Waals surface area contributed by atoms with E-state index in [1.807, 2.05) is 18.2 Å². The van der Waals surface area contributed by atoms with Gasteiger partial charge in [0.05, 0.1) is 5.75 Å². The number of thioether (sulfide) groups is 1. The van der Waals surface area contributed by atoms with E-state index in [4.69, 9.17) is 5.73 Å². The van der Waals surface area contributed by atoms with Crippen LogP contribution in [0.1, 0.15) is 25.7 Å². The van der Waals surface area contributed by atoms with Crippen molar-refractivity contribution in [3.05, 3.63) is 0 Å². The van der Waals surface area contributed by atoms with Crippen molar-refractivity contribution >= 4 is 17.7 Å². The van der Waals surface area contributed by atoms with Crippen molar-refractivity contribution in [3.63, 3.8) is 0 Å². The highest BCUT2D eigenvalue weighted by molar-refractivity contribution is 7.99. The Morgan fingerprint density at radius 2 is 2.00 bits per heavy atom. The number of carbonyl (C=O) groups is 1. The summed E-state index contributed by atoms with van der Waals surface area (Å²) in [6.07, 6.45) is 6.21. The monoisotopic (exact) mass is 216 g/mol. The van der Waals surface area contributed by atoms with Gasteiger partial charge >= 0.3 is 0 Å². The Bertz CT molecular complexity index is 191. The van der Waals surface area contributed by atoms with Crippen LogP contribution in [0.5, 0.6) is 0 Å². The molecule has 1 aliphatic rings. The summed E-state index contributed by atoms with van der Waals surface area (Å²) in [6.45, 7) is 0. The zero-order valence-electron chi connectivity index (χ0n) is 9.03. The number of rotatable bonds is 3. The maximum absolute atomic E-state index is 11.6. The zero-order chi connectivity index (χ0) is 10.6. The lowest BCUT2D eigenvalue weighted by molar-refractivity contribution is -0.129. The van der Waals surface area contributed by atoms with Crippen LogP contribution in [-0.4, -0.2) is 41.9 Å². The molecule has 0 bridgehead atoms. The molecule has 0 aromatic carbocycles. The number of nitrogens with two attached hydrogens (primary N) is 1. The average molecular weight is 216 g/mol. The Hall–Kier alpha value is -0.220. The molecule has 0 atom stereocenters. The molecule has 0 heterocycles. The van der Waals surface area contributed by atoms with E-state index in [1.54, 1.807) is 11.8 Å². The van der Waals surface area contributed by atoms with Gasteiger partial charge in [0.15, 0.2) is 0 Å². The van der Waals surface area contributed by atoms with Gasteiger partial charge in [-0.15, -0.1) is 0 Å². The van der Waals surface area contributed by atoms with Crippen LogP contribution in [0.4, 0.5) is 0 Å². The van der Waals surface area contributed by atoms with Gasteiger partial charge in [-0.3, -0.25) is 4.79 Å². The highest BCUT2D eigenvalue weighted by Gasteiger charge is 2.24. The smallest absolute Gasteiger partial charge is 0.232 e. The summed E-state index contributed by atoms with van der Waals surface area (Å²) in [7, 11) is 1.92. The van der Waals surface area contributed by atoms with Crippen LogP contribution in [0.2, 0.25) is 0 Å². The highest BCUT2D eigenvalue weighted by atomic mass is 32.2. The molecule has 4 heteroatoms. The van der Waals surface area contributed by atoms with Gasteiger partial charge in [-0.2, -0.15) is 11.8 Å². The van der Waals surface area contributed by atoms with Crippen molar-refractivity contribution in [2.24, 2.45) is 5.73 Å². The van der Waals surface area contributed by atoms with Crippen LogP contribution in [0.25, 0.3) is 0 Å². The predicted molar refractivity (Wildman–Crippen MR) is 61.4 cm³/mol. The molecule has 1 rings (SSSR count). The molecule has 0 aromatic rings. The minimum absolute atomic E-state index is 0.248. The maximum Gasteiger partial charge on any atom is 0.232 e. The van der Waals surface area contributed by atoms with E-state index in [1.165, 1.54) is 0 Å². The van der Waals surface area contributed by atoms with E-state index in [2.05, 4.69) is 0 Å². The summed E-state index contributed by atoms with van der Waals surface area (Å²) >= 11 is 1.59. The van der Waals surface area contributed by atoms with Crippen molar-refractivity contribution < 1.29 is 4.79 Å². The topological polar surface area (TPSA) is 46.3 Å². The van der Waals surface area contributed by atoms with Crippen LogP contribution in [-0.2, 0) is 4.79 Å². The minimum atomic E-state index is 0.248. The summed E-state index contributed by atoms with van der Waals surface area (Å²) in [5.74, 6) is 0.844. The Morgan fingerprint density at radius 3 is 2.50 bits per heavy atom. The first-order valence-corrected chi connectivity index (χ1v) is 6.54. The fourth-order valence-corrected chi connectivity index (χ4v) is 2.37. The van der Waals surface area contributed by atoms with E-state index in [9.17, 15) is 4.79 Å². The molecular weight excluding hydrogens is 196 g/mol. The Labute approximate surface area is 90.4 Å². The second-order valence-electron chi connectivity index (χ2n) is 4.01. The molecule has 0 unspecified atom stereocenters. The third-order valence-electron chi connectivity index (χ3n) is 2.95. The summed E-state index contributed by atoms with van der Waals surface area (Å²) in [5.41, 5.74) is 5.82. The van der Waals surface area contributed by atoms with Crippen molar-refractivity contribution in [3.8, 4) is 0 Å². The number of hydrogen-bond acceptors (Lipinski definition) is 3. The first-order chi connectivity index (χ1) is 6.65. The van der Waals surface area contributed by atoms with Gasteiger partial charge in [-0.05, 0) is 31.9 Å². The molecule has 2 N–H and O–H groups in total. The van der Waals surface area contributed by atoms with Gasteiger partial charge in [0.25, 0.3) is 0 Å². The maximum atomic E-state index is 11.6. The predicted octanol–water partition coefficient (Wildman–Crippen LogP) is 1.08. The number of hydrogen-bond donors (Lipinski definition) is 1. The largest absolute Gasteiger partial charge is 0.342 e. The number of nitrogens with zero attached hydrogens (tertiary/aromatic N) is 1. The third-order valence-corrected chi connectivity index (χ3v) is 3.49. The lowest BCUT2D eigenvalue weighted by Crippen LogP contribution is -2.42.